The summed E-state index contributed by atoms with van der Waals surface area (Å²) in [6.07, 6.45) is 3.16. The van der Waals surface area contributed by atoms with E-state index in [4.69, 9.17) is 4.74 Å². The first-order valence-corrected chi connectivity index (χ1v) is 7.88. The molecule has 130 valence electrons. The van der Waals surface area contributed by atoms with Crippen molar-refractivity contribution in [1.82, 2.24) is 4.98 Å². The summed E-state index contributed by atoms with van der Waals surface area (Å²) in [4.78, 5) is 28.1. The van der Waals surface area contributed by atoms with Crippen LogP contribution in [0.1, 0.15) is 15.9 Å². The van der Waals surface area contributed by atoms with E-state index in [9.17, 15) is 14.7 Å². The summed E-state index contributed by atoms with van der Waals surface area (Å²) < 4.78 is 5.42. The number of amides is 1. The largest absolute Gasteiger partial charge is 0.508 e. The minimum atomic E-state index is -0.307. The summed E-state index contributed by atoms with van der Waals surface area (Å²) in [7, 11) is 0. The number of ketones is 1. The number of anilines is 1. The highest BCUT2D eigenvalue weighted by Crippen LogP contribution is 2.18. The standard InChI is InChI=1S/C20H16N2O4/c23-17-5-1-3-15(11-17)20(25)14-6-8-18(9-7-14)26-13-19(24)22-16-4-2-10-21-12-16/h1-12,23H,13H2,(H,22,24). The number of rotatable bonds is 6. The summed E-state index contributed by atoms with van der Waals surface area (Å²) in [5, 5.41) is 12.1. The molecular weight excluding hydrogens is 332 g/mol. The van der Waals surface area contributed by atoms with Crippen LogP contribution in [0, 0.1) is 0 Å². The Labute approximate surface area is 150 Å². The molecular formula is C20H16N2O4. The lowest BCUT2D eigenvalue weighted by Gasteiger charge is -2.08. The van der Waals surface area contributed by atoms with E-state index in [1.807, 2.05) is 0 Å². The van der Waals surface area contributed by atoms with Gasteiger partial charge in [-0.1, -0.05) is 12.1 Å². The zero-order valence-corrected chi connectivity index (χ0v) is 13.8. The van der Waals surface area contributed by atoms with Crippen molar-refractivity contribution in [3.05, 3.63) is 84.2 Å². The normalized spacial score (nSPS) is 10.2. The quantitative estimate of drug-likeness (QED) is 0.669. The Morgan fingerprint density at radius 2 is 1.81 bits per heavy atom. The number of aromatic hydroxyl groups is 1. The second-order valence-electron chi connectivity index (χ2n) is 5.48. The van der Waals surface area contributed by atoms with E-state index in [1.165, 1.54) is 12.1 Å². The fourth-order valence-corrected chi connectivity index (χ4v) is 2.30. The van der Waals surface area contributed by atoms with Crippen molar-refractivity contribution in [3.63, 3.8) is 0 Å². The highest BCUT2D eigenvalue weighted by atomic mass is 16.5. The molecule has 3 rings (SSSR count). The molecule has 1 amide bonds. The van der Waals surface area contributed by atoms with E-state index in [0.717, 1.165) is 0 Å². The molecule has 0 bridgehead atoms. The van der Waals surface area contributed by atoms with Gasteiger partial charge < -0.3 is 15.2 Å². The lowest BCUT2D eigenvalue weighted by Crippen LogP contribution is -2.20. The van der Waals surface area contributed by atoms with E-state index in [1.54, 1.807) is 60.9 Å². The van der Waals surface area contributed by atoms with Gasteiger partial charge in [0.05, 0.1) is 11.9 Å². The second-order valence-corrected chi connectivity index (χ2v) is 5.48. The third-order valence-electron chi connectivity index (χ3n) is 3.54. The van der Waals surface area contributed by atoms with E-state index in [2.05, 4.69) is 10.3 Å². The Bertz CT molecular complexity index is 909. The highest BCUT2D eigenvalue weighted by molar-refractivity contribution is 6.09. The molecule has 0 saturated heterocycles. The molecule has 6 nitrogen and oxygen atoms in total. The van der Waals surface area contributed by atoms with E-state index in [0.29, 0.717) is 22.6 Å². The molecule has 0 aliphatic heterocycles. The van der Waals surface area contributed by atoms with Crippen molar-refractivity contribution < 1.29 is 19.4 Å². The molecule has 0 aliphatic carbocycles. The molecule has 1 aromatic heterocycles. The van der Waals surface area contributed by atoms with Crippen LogP contribution in [0.25, 0.3) is 0 Å². The zero-order chi connectivity index (χ0) is 18.4. The summed E-state index contributed by atoms with van der Waals surface area (Å²) in [5.74, 6) is -0.00564. The molecule has 0 unspecified atom stereocenters. The van der Waals surface area contributed by atoms with Gasteiger partial charge in [-0.2, -0.15) is 0 Å². The Kier molecular flexibility index (Phi) is 5.24. The van der Waals surface area contributed by atoms with Crippen molar-refractivity contribution in [2.45, 2.75) is 0 Å². The molecule has 26 heavy (non-hydrogen) atoms. The minimum absolute atomic E-state index is 0.0374. The number of phenols is 1. The van der Waals surface area contributed by atoms with Crippen LogP contribution >= 0.6 is 0 Å². The van der Waals surface area contributed by atoms with Crippen molar-refractivity contribution in [3.8, 4) is 11.5 Å². The fourth-order valence-electron chi connectivity index (χ4n) is 2.30. The van der Waals surface area contributed by atoms with Crippen LogP contribution in [-0.2, 0) is 4.79 Å². The third-order valence-corrected chi connectivity index (χ3v) is 3.54. The average molecular weight is 348 g/mol. The molecule has 0 saturated carbocycles. The van der Waals surface area contributed by atoms with Crippen LogP contribution in [0.2, 0.25) is 0 Å². The lowest BCUT2D eigenvalue weighted by molar-refractivity contribution is -0.118. The molecule has 6 heteroatoms. The van der Waals surface area contributed by atoms with E-state index >= 15 is 0 Å². The average Bonchev–Trinajstić information content (AvgIpc) is 2.67. The first-order chi connectivity index (χ1) is 12.6. The number of hydrogen-bond acceptors (Lipinski definition) is 5. The van der Waals surface area contributed by atoms with Gasteiger partial charge in [0, 0.05) is 17.3 Å². The molecule has 3 aromatic rings. The number of nitrogens with zero attached hydrogens (tertiary/aromatic N) is 1. The van der Waals surface area contributed by atoms with Crippen LogP contribution in [0.5, 0.6) is 11.5 Å². The van der Waals surface area contributed by atoms with Gasteiger partial charge >= 0.3 is 0 Å². The van der Waals surface area contributed by atoms with Crippen LogP contribution in [0.3, 0.4) is 0 Å². The number of aromatic nitrogens is 1. The number of hydrogen-bond donors (Lipinski definition) is 2. The van der Waals surface area contributed by atoms with Gasteiger partial charge in [0.1, 0.15) is 11.5 Å². The van der Waals surface area contributed by atoms with E-state index in [-0.39, 0.29) is 24.0 Å². The smallest absolute Gasteiger partial charge is 0.262 e. The Morgan fingerprint density at radius 3 is 2.50 bits per heavy atom. The van der Waals surface area contributed by atoms with Crippen LogP contribution in [0.15, 0.2) is 73.1 Å². The number of phenolic OH excluding ortho intramolecular Hbond substituents is 1. The first-order valence-electron chi connectivity index (χ1n) is 7.88. The molecule has 0 aliphatic rings. The molecule has 2 N–H and O–H groups in total. The summed E-state index contributed by atoms with van der Waals surface area (Å²) in [6.45, 7) is -0.158. The molecule has 0 radical (unpaired) electrons. The number of carbonyl (C=O) groups is 2. The summed E-state index contributed by atoms with van der Waals surface area (Å²) in [5.41, 5.74) is 1.45. The predicted octanol–water partition coefficient (Wildman–Crippen LogP) is 3.04. The van der Waals surface area contributed by atoms with Gasteiger partial charge in [0.2, 0.25) is 0 Å². The van der Waals surface area contributed by atoms with Gasteiger partial charge in [-0.05, 0) is 48.5 Å². The maximum atomic E-state index is 12.4. The van der Waals surface area contributed by atoms with Gasteiger partial charge in [-0.25, -0.2) is 0 Å². The molecule has 0 spiro atoms. The number of benzene rings is 2. The van der Waals surface area contributed by atoms with Crippen LogP contribution in [0.4, 0.5) is 5.69 Å². The lowest BCUT2D eigenvalue weighted by atomic mass is 10.0. The van der Waals surface area contributed by atoms with Crippen LogP contribution in [-0.4, -0.2) is 28.4 Å². The highest BCUT2D eigenvalue weighted by Gasteiger charge is 2.10. The summed E-state index contributed by atoms with van der Waals surface area (Å²) in [6, 6.07) is 16.1. The molecule has 1 heterocycles. The van der Waals surface area contributed by atoms with Crippen molar-refractivity contribution in [2.24, 2.45) is 0 Å². The number of carbonyl (C=O) groups excluding carboxylic acids is 2. The monoisotopic (exact) mass is 348 g/mol. The number of pyridine rings is 1. The minimum Gasteiger partial charge on any atom is -0.508 e. The van der Waals surface area contributed by atoms with E-state index < -0.39 is 0 Å². The van der Waals surface area contributed by atoms with Gasteiger partial charge in [-0.15, -0.1) is 0 Å². The van der Waals surface area contributed by atoms with Crippen LogP contribution < -0.4 is 10.1 Å². The van der Waals surface area contributed by atoms with Gasteiger partial charge in [-0.3, -0.25) is 14.6 Å². The second kappa shape index (κ2) is 7.94. The zero-order valence-electron chi connectivity index (χ0n) is 13.8. The molecule has 0 atom stereocenters. The Balaban J connectivity index is 1.57. The number of nitrogens with one attached hydrogen (secondary N) is 1. The first kappa shape index (κ1) is 17.2. The molecule has 0 fully saturated rings. The Hall–Kier alpha value is -3.67. The Morgan fingerprint density at radius 1 is 1.00 bits per heavy atom. The topological polar surface area (TPSA) is 88.5 Å². The maximum Gasteiger partial charge on any atom is 0.262 e. The predicted molar refractivity (Wildman–Crippen MR) is 96.3 cm³/mol. The fraction of sp³-hybridized carbons (Fsp3) is 0.0500. The SMILES string of the molecule is O=C(COc1ccc(C(=O)c2cccc(O)c2)cc1)Nc1cccnc1. The maximum absolute atomic E-state index is 12.4. The van der Waals surface area contributed by atoms with Crippen molar-refractivity contribution in [2.75, 3.05) is 11.9 Å². The number of ether oxygens (including phenoxy) is 1. The van der Waals surface area contributed by atoms with Gasteiger partial charge in [0.15, 0.2) is 12.4 Å². The molecule has 2 aromatic carbocycles. The van der Waals surface area contributed by atoms with Crippen molar-refractivity contribution in [1.29, 1.82) is 0 Å². The van der Waals surface area contributed by atoms with Gasteiger partial charge in [0.25, 0.3) is 5.91 Å². The third kappa shape index (κ3) is 4.45. The summed E-state index contributed by atoms with van der Waals surface area (Å²) >= 11 is 0. The van der Waals surface area contributed by atoms with Crippen molar-refractivity contribution >= 4 is 17.4 Å².